The molecule has 12 heteroatoms. The average Bonchev–Trinajstić information content (AvgIpc) is 3.25. The largest absolute Gasteiger partial charge is 0.314 e. The first kappa shape index (κ1) is 29.6. The van der Waals surface area contributed by atoms with Crippen molar-refractivity contribution >= 4 is 31.8 Å². The normalized spacial score (nSPS) is 40.3. The Kier molecular flexibility index (Phi) is 7.71. The van der Waals surface area contributed by atoms with Crippen LogP contribution in [-0.2, 0) is 29.8 Å². The van der Waals surface area contributed by atoms with E-state index in [9.17, 15) is 26.4 Å². The third kappa shape index (κ3) is 4.49. The molecule has 4 aliphatic carbocycles. The van der Waals surface area contributed by atoms with E-state index in [1.165, 1.54) is 0 Å². The minimum Gasteiger partial charge on any atom is -0.314 e. The van der Waals surface area contributed by atoms with Crippen LogP contribution in [0.3, 0.4) is 0 Å². The van der Waals surface area contributed by atoms with Crippen LogP contribution >= 0.6 is 0 Å². The van der Waals surface area contributed by atoms with Crippen molar-refractivity contribution in [2.24, 2.45) is 33.5 Å². The Morgan fingerprint density at radius 1 is 0.639 bits per heavy atom. The Morgan fingerprint density at radius 2 is 0.917 bits per heavy atom. The van der Waals surface area contributed by atoms with E-state index in [0.29, 0.717) is 12.8 Å². The third-order valence-corrected chi connectivity index (χ3v) is 12.9. The molecule has 4 N–H and O–H groups in total. The molecule has 36 heavy (non-hydrogen) atoms. The second kappa shape index (κ2) is 9.37. The van der Waals surface area contributed by atoms with E-state index >= 15 is 0 Å². The van der Waals surface area contributed by atoms with Gasteiger partial charge in [-0.05, 0) is 48.3 Å². The van der Waals surface area contributed by atoms with E-state index in [4.69, 9.17) is 9.11 Å². The first-order chi connectivity index (χ1) is 16.2. The summed E-state index contributed by atoms with van der Waals surface area (Å²) < 4.78 is 63.0. The lowest BCUT2D eigenvalue weighted by Gasteiger charge is -2.32. The van der Waals surface area contributed by atoms with Crippen LogP contribution in [0.2, 0.25) is 0 Å². The molecule has 1 heterocycles. The van der Waals surface area contributed by atoms with Gasteiger partial charge in [-0.2, -0.15) is 16.8 Å². The van der Waals surface area contributed by atoms with Gasteiger partial charge in [0.1, 0.15) is 10.5 Å². The predicted molar refractivity (Wildman–Crippen MR) is 136 cm³/mol. The minimum absolute atomic E-state index is 0.231. The van der Waals surface area contributed by atoms with Gasteiger partial charge in [0.25, 0.3) is 20.2 Å². The standard InChI is InChI=1S/2C10H16O4S.C4H10N2/c2*1-9(2)6-4-5-10(9,3)8(11)7(6)15(12,13)14;1-2-6-4-3-5-1/h2*6-7H,4-5H2,1-3H3,(H,12,13,14);5-6H,1-4H2. The number of hydrogen-bond acceptors (Lipinski definition) is 8. The van der Waals surface area contributed by atoms with Crippen LogP contribution in [0.4, 0.5) is 0 Å². The van der Waals surface area contributed by atoms with Gasteiger partial charge >= 0.3 is 0 Å². The van der Waals surface area contributed by atoms with Crippen LogP contribution in [0.1, 0.15) is 67.2 Å². The molecule has 1 aliphatic heterocycles. The van der Waals surface area contributed by atoms with Crippen molar-refractivity contribution < 1.29 is 35.5 Å². The summed E-state index contributed by atoms with van der Waals surface area (Å²) in [6.07, 6.45) is 2.88. The fraction of sp³-hybridized carbons (Fsp3) is 0.917. The molecule has 208 valence electrons. The molecule has 1 saturated heterocycles. The Hall–Kier alpha value is -0.920. The summed E-state index contributed by atoms with van der Waals surface area (Å²) in [5, 5.41) is 4.07. The average molecular weight is 551 g/mol. The Labute approximate surface area is 215 Å². The maximum Gasteiger partial charge on any atom is 0.275 e. The molecule has 0 spiro atoms. The van der Waals surface area contributed by atoms with Gasteiger partial charge in [-0.3, -0.25) is 18.7 Å². The van der Waals surface area contributed by atoms with Crippen molar-refractivity contribution in [3.8, 4) is 0 Å². The second-order valence-corrected chi connectivity index (χ2v) is 15.6. The number of nitrogens with one attached hydrogen (secondary N) is 2. The van der Waals surface area contributed by atoms with Crippen LogP contribution in [-0.4, -0.2) is 74.2 Å². The van der Waals surface area contributed by atoms with Crippen molar-refractivity contribution in [2.45, 2.75) is 77.7 Å². The SMILES string of the molecule is C1CNCCN1.CC12CCC(C(S(=O)(=O)O)C1=O)C2(C)C.CC12CCC(C(S(=O)(=O)O)C1=O)C2(C)C. The van der Waals surface area contributed by atoms with Gasteiger partial charge in [0.05, 0.1) is 0 Å². The summed E-state index contributed by atoms with van der Waals surface area (Å²) in [6, 6.07) is 0. The second-order valence-electron chi connectivity index (χ2n) is 12.5. The highest BCUT2D eigenvalue weighted by Gasteiger charge is 2.70. The van der Waals surface area contributed by atoms with Gasteiger partial charge in [0.2, 0.25) is 0 Å². The monoisotopic (exact) mass is 550 g/mol. The molecule has 0 radical (unpaired) electrons. The molecule has 5 aliphatic rings. The molecule has 4 saturated carbocycles. The molecule has 0 aromatic rings. The maximum absolute atomic E-state index is 12.0. The zero-order chi connectivity index (χ0) is 27.5. The lowest BCUT2D eigenvalue weighted by atomic mass is 9.70. The molecule has 10 nitrogen and oxygen atoms in total. The van der Waals surface area contributed by atoms with Crippen molar-refractivity contribution in [3.05, 3.63) is 0 Å². The van der Waals surface area contributed by atoms with Gasteiger partial charge in [-0.15, -0.1) is 0 Å². The van der Waals surface area contributed by atoms with Crippen molar-refractivity contribution in [1.82, 2.24) is 10.6 Å². The van der Waals surface area contributed by atoms with Gasteiger partial charge in [-0.25, -0.2) is 0 Å². The van der Waals surface area contributed by atoms with E-state index in [1.54, 1.807) is 0 Å². The molecule has 0 amide bonds. The van der Waals surface area contributed by atoms with Crippen molar-refractivity contribution in [2.75, 3.05) is 26.2 Å². The molecule has 5 fully saturated rings. The molecule has 5 rings (SSSR count). The van der Waals surface area contributed by atoms with Crippen molar-refractivity contribution in [3.63, 3.8) is 0 Å². The molecular formula is C24H42N2O8S2. The van der Waals surface area contributed by atoms with Crippen LogP contribution in [0.25, 0.3) is 0 Å². The number of Topliss-reactive ketones (excluding diaryl/α,β-unsaturated/α-hetero) is 2. The maximum atomic E-state index is 12.0. The molecule has 6 atom stereocenters. The number of hydrogen-bond donors (Lipinski definition) is 4. The number of piperazine rings is 1. The van der Waals surface area contributed by atoms with Crippen LogP contribution in [0.5, 0.6) is 0 Å². The van der Waals surface area contributed by atoms with E-state index < -0.39 is 41.6 Å². The summed E-state index contributed by atoms with van der Waals surface area (Å²) in [7, 11) is -8.48. The predicted octanol–water partition coefficient (Wildman–Crippen LogP) is 1.72. The molecular weight excluding hydrogens is 508 g/mol. The van der Waals surface area contributed by atoms with Gasteiger partial charge in [0, 0.05) is 37.0 Å². The zero-order valence-electron chi connectivity index (χ0n) is 22.1. The first-order valence-corrected chi connectivity index (χ1v) is 15.7. The number of carbonyl (C=O) groups excluding carboxylic acids is 2. The van der Waals surface area contributed by atoms with Gasteiger partial charge in [0.15, 0.2) is 11.6 Å². The molecule has 6 unspecified atom stereocenters. The van der Waals surface area contributed by atoms with Crippen molar-refractivity contribution in [1.29, 1.82) is 0 Å². The Bertz CT molecular complexity index is 1020. The summed E-state index contributed by atoms with van der Waals surface area (Å²) in [5.74, 6) is -1.06. The fourth-order valence-corrected chi connectivity index (χ4v) is 10.1. The Balaban J connectivity index is 0.000000164. The summed E-state index contributed by atoms with van der Waals surface area (Å²) in [6.45, 7) is 15.9. The zero-order valence-corrected chi connectivity index (χ0v) is 23.8. The highest BCUT2D eigenvalue weighted by molar-refractivity contribution is 7.87. The quantitative estimate of drug-likeness (QED) is 0.372. The number of rotatable bonds is 2. The van der Waals surface area contributed by atoms with Crippen LogP contribution < -0.4 is 10.6 Å². The van der Waals surface area contributed by atoms with Gasteiger partial charge in [-0.1, -0.05) is 41.5 Å². The third-order valence-electron chi connectivity index (χ3n) is 10.5. The van der Waals surface area contributed by atoms with E-state index in [1.807, 2.05) is 41.5 Å². The summed E-state index contributed by atoms with van der Waals surface area (Å²) >= 11 is 0. The summed E-state index contributed by atoms with van der Waals surface area (Å²) in [5.41, 5.74) is -1.83. The molecule has 0 aromatic heterocycles. The minimum atomic E-state index is -4.24. The van der Waals surface area contributed by atoms with Gasteiger partial charge < -0.3 is 10.6 Å². The first-order valence-electron chi connectivity index (χ1n) is 12.7. The number of fused-ring (bicyclic) bond motifs is 4. The van der Waals surface area contributed by atoms with Crippen LogP contribution in [0, 0.1) is 33.5 Å². The summed E-state index contributed by atoms with van der Waals surface area (Å²) in [4.78, 5) is 24.0. The van der Waals surface area contributed by atoms with E-state index in [-0.39, 0.29) is 34.2 Å². The fourth-order valence-electron chi connectivity index (χ4n) is 7.30. The topological polar surface area (TPSA) is 167 Å². The lowest BCUT2D eigenvalue weighted by Crippen LogP contribution is -2.39. The number of ketones is 2. The Morgan fingerprint density at radius 3 is 1.06 bits per heavy atom. The molecule has 4 bridgehead atoms. The molecule has 0 aromatic carbocycles. The van der Waals surface area contributed by atoms with E-state index in [2.05, 4.69) is 10.6 Å². The lowest BCUT2D eigenvalue weighted by molar-refractivity contribution is -0.128. The van der Waals surface area contributed by atoms with Crippen LogP contribution in [0.15, 0.2) is 0 Å². The highest BCUT2D eigenvalue weighted by atomic mass is 32.2. The number of carbonyl (C=O) groups is 2. The van der Waals surface area contributed by atoms with E-state index in [0.717, 1.165) is 39.0 Å². The highest BCUT2D eigenvalue weighted by Crippen LogP contribution is 2.65. The smallest absolute Gasteiger partial charge is 0.275 e.